The Bertz CT molecular complexity index is 514. The van der Waals surface area contributed by atoms with Gasteiger partial charge in [-0.1, -0.05) is 23.2 Å². The van der Waals surface area contributed by atoms with Gasteiger partial charge in [0.15, 0.2) is 0 Å². The largest absolute Gasteiger partial charge is 0.500 e. The lowest BCUT2D eigenvalue weighted by Crippen LogP contribution is -2.14. The van der Waals surface area contributed by atoms with Crippen LogP contribution in [0.15, 0.2) is 24.0 Å². The third-order valence-electron chi connectivity index (χ3n) is 1.90. The molecular weight excluding hydrogens is 281 g/mol. The molecule has 0 aliphatic heterocycles. The topological polar surface area (TPSA) is 76.5 Å². The number of carbonyl (C=O) groups excluding carboxylic acids is 1. The molecule has 18 heavy (non-hydrogen) atoms. The smallest absolute Gasteiger partial charge is 0.342 e. The van der Waals surface area contributed by atoms with E-state index in [1.807, 2.05) is 0 Å². The summed E-state index contributed by atoms with van der Waals surface area (Å²) in [5.41, 5.74) is -0.572. The van der Waals surface area contributed by atoms with E-state index in [2.05, 4.69) is 4.98 Å². The molecule has 1 rings (SSSR count). The number of halogens is 2. The molecule has 0 fully saturated rings. The molecule has 5 nitrogen and oxygen atoms in total. The number of ether oxygens (including phenoxy) is 1. The molecule has 96 valence electrons. The monoisotopic (exact) mass is 289 g/mol. The molecule has 1 aromatic heterocycles. The first-order valence-corrected chi connectivity index (χ1v) is 5.64. The number of rotatable bonds is 5. The van der Waals surface area contributed by atoms with Crippen LogP contribution in [-0.4, -0.2) is 28.4 Å². The van der Waals surface area contributed by atoms with Gasteiger partial charge in [-0.2, -0.15) is 0 Å². The first-order valence-electron chi connectivity index (χ1n) is 4.89. The molecule has 0 unspecified atom stereocenters. The van der Waals surface area contributed by atoms with Gasteiger partial charge in [-0.15, -0.1) is 0 Å². The van der Waals surface area contributed by atoms with Crippen molar-refractivity contribution in [1.29, 1.82) is 0 Å². The number of carboxylic acid groups (broad SMARTS) is 1. The Labute approximate surface area is 113 Å². The van der Waals surface area contributed by atoms with Crippen molar-refractivity contribution in [2.75, 3.05) is 6.61 Å². The molecule has 0 bridgehead atoms. The molecule has 0 atom stereocenters. The second-order valence-corrected chi connectivity index (χ2v) is 3.84. The maximum Gasteiger partial charge on any atom is 0.342 e. The number of aliphatic carboxylic acids is 1. The molecule has 0 aromatic carbocycles. The first-order chi connectivity index (χ1) is 8.47. The van der Waals surface area contributed by atoms with E-state index in [1.165, 1.54) is 12.1 Å². The average molecular weight is 290 g/mol. The SMILES string of the molecule is CCO/C=C(\C(=O)O)C(=O)c1ccc(Cl)nc1Cl. The maximum absolute atomic E-state index is 11.9. The molecule has 0 amide bonds. The van der Waals surface area contributed by atoms with Crippen molar-refractivity contribution in [3.05, 3.63) is 39.8 Å². The van der Waals surface area contributed by atoms with E-state index in [0.717, 1.165) is 6.26 Å². The third kappa shape index (κ3) is 3.45. The van der Waals surface area contributed by atoms with Gasteiger partial charge in [-0.05, 0) is 19.1 Å². The van der Waals surface area contributed by atoms with Crippen LogP contribution in [0.1, 0.15) is 17.3 Å². The van der Waals surface area contributed by atoms with Crippen LogP contribution in [0, 0.1) is 0 Å². The molecule has 1 heterocycles. The number of pyridine rings is 1. The summed E-state index contributed by atoms with van der Waals surface area (Å²) < 4.78 is 4.81. The number of ketones is 1. The number of aromatic nitrogens is 1. The van der Waals surface area contributed by atoms with Crippen LogP contribution < -0.4 is 0 Å². The van der Waals surface area contributed by atoms with Crippen LogP contribution in [0.5, 0.6) is 0 Å². The molecule has 1 N–H and O–H groups in total. The quantitative estimate of drug-likeness (QED) is 0.225. The van der Waals surface area contributed by atoms with Gasteiger partial charge >= 0.3 is 5.97 Å². The average Bonchev–Trinajstić information content (AvgIpc) is 2.28. The van der Waals surface area contributed by atoms with Crippen LogP contribution in [0.25, 0.3) is 0 Å². The number of Topliss-reactive ketones (excluding diaryl/α,β-unsaturated/α-hetero) is 1. The second kappa shape index (κ2) is 6.37. The van der Waals surface area contributed by atoms with E-state index >= 15 is 0 Å². The van der Waals surface area contributed by atoms with E-state index in [-0.39, 0.29) is 22.5 Å². The zero-order chi connectivity index (χ0) is 13.7. The predicted molar refractivity (Wildman–Crippen MR) is 65.9 cm³/mol. The summed E-state index contributed by atoms with van der Waals surface area (Å²) in [6.07, 6.45) is 0.885. The normalized spacial score (nSPS) is 11.2. The summed E-state index contributed by atoms with van der Waals surface area (Å²) in [6.45, 7) is 1.91. The zero-order valence-corrected chi connectivity index (χ0v) is 10.8. The lowest BCUT2D eigenvalue weighted by atomic mass is 10.1. The molecule has 0 aliphatic carbocycles. The van der Waals surface area contributed by atoms with Gasteiger partial charge in [0.05, 0.1) is 12.2 Å². The fraction of sp³-hybridized carbons (Fsp3) is 0.182. The molecule has 0 saturated carbocycles. The number of nitrogens with zero attached hydrogens (tertiary/aromatic N) is 1. The minimum absolute atomic E-state index is 0.0468. The Morgan fingerprint density at radius 3 is 2.61 bits per heavy atom. The van der Waals surface area contributed by atoms with Crippen molar-refractivity contribution in [1.82, 2.24) is 4.98 Å². The van der Waals surface area contributed by atoms with Crippen molar-refractivity contribution in [3.8, 4) is 0 Å². The van der Waals surface area contributed by atoms with Gasteiger partial charge in [0.2, 0.25) is 5.78 Å². The number of carbonyl (C=O) groups is 2. The zero-order valence-electron chi connectivity index (χ0n) is 9.31. The summed E-state index contributed by atoms with van der Waals surface area (Å²) in [5.74, 6) is -2.19. The summed E-state index contributed by atoms with van der Waals surface area (Å²) in [5, 5.41) is 8.88. The number of hydrogen-bond acceptors (Lipinski definition) is 4. The van der Waals surface area contributed by atoms with Crippen molar-refractivity contribution in [2.24, 2.45) is 0 Å². The van der Waals surface area contributed by atoms with Gasteiger partial charge in [0.1, 0.15) is 22.1 Å². The predicted octanol–water partition coefficient (Wildman–Crippen LogP) is 2.58. The Morgan fingerprint density at radius 2 is 2.11 bits per heavy atom. The van der Waals surface area contributed by atoms with Gasteiger partial charge in [-0.25, -0.2) is 9.78 Å². The summed E-state index contributed by atoms with van der Waals surface area (Å²) in [4.78, 5) is 26.5. The highest BCUT2D eigenvalue weighted by atomic mass is 35.5. The standard InChI is InChI=1S/C11H9Cl2NO4/c1-2-18-5-7(11(16)17)9(15)6-3-4-8(12)14-10(6)13/h3-5H,2H2,1H3,(H,16,17)/b7-5-. The number of hydrogen-bond donors (Lipinski definition) is 1. The molecule has 0 spiro atoms. The minimum Gasteiger partial charge on any atom is -0.500 e. The van der Waals surface area contributed by atoms with Crippen molar-refractivity contribution < 1.29 is 19.4 Å². The summed E-state index contributed by atoms with van der Waals surface area (Å²) in [7, 11) is 0. The molecule has 7 heteroatoms. The van der Waals surface area contributed by atoms with Crippen LogP contribution in [0.4, 0.5) is 0 Å². The Morgan fingerprint density at radius 1 is 1.44 bits per heavy atom. The highest BCUT2D eigenvalue weighted by Crippen LogP contribution is 2.20. The highest BCUT2D eigenvalue weighted by molar-refractivity contribution is 6.37. The summed E-state index contributed by atoms with van der Waals surface area (Å²) >= 11 is 11.3. The lowest BCUT2D eigenvalue weighted by molar-refractivity contribution is -0.132. The fourth-order valence-corrected chi connectivity index (χ4v) is 1.52. The minimum atomic E-state index is -1.40. The van der Waals surface area contributed by atoms with E-state index in [9.17, 15) is 9.59 Å². The van der Waals surface area contributed by atoms with E-state index < -0.39 is 17.3 Å². The Balaban J connectivity index is 3.14. The molecule has 0 saturated heterocycles. The van der Waals surface area contributed by atoms with E-state index in [1.54, 1.807) is 6.92 Å². The van der Waals surface area contributed by atoms with Crippen molar-refractivity contribution in [2.45, 2.75) is 6.92 Å². The van der Waals surface area contributed by atoms with Gasteiger partial charge in [0, 0.05) is 0 Å². The third-order valence-corrected chi connectivity index (χ3v) is 2.40. The van der Waals surface area contributed by atoms with Crippen LogP contribution in [-0.2, 0) is 9.53 Å². The molecule has 0 aliphatic rings. The maximum atomic E-state index is 11.9. The van der Waals surface area contributed by atoms with Crippen LogP contribution in [0.2, 0.25) is 10.3 Å². The molecule has 0 radical (unpaired) electrons. The highest BCUT2D eigenvalue weighted by Gasteiger charge is 2.22. The van der Waals surface area contributed by atoms with Crippen molar-refractivity contribution >= 4 is 35.0 Å². The fourth-order valence-electron chi connectivity index (χ4n) is 1.09. The van der Waals surface area contributed by atoms with Crippen LogP contribution >= 0.6 is 23.2 Å². The number of carboxylic acids is 1. The Kier molecular flexibility index (Phi) is 5.12. The summed E-state index contributed by atoms with van der Waals surface area (Å²) in [6, 6.07) is 2.66. The van der Waals surface area contributed by atoms with Gasteiger partial charge < -0.3 is 9.84 Å². The first kappa shape index (κ1) is 14.5. The van der Waals surface area contributed by atoms with Crippen molar-refractivity contribution in [3.63, 3.8) is 0 Å². The Hall–Kier alpha value is -1.59. The van der Waals surface area contributed by atoms with Gasteiger partial charge in [0.25, 0.3) is 0 Å². The van der Waals surface area contributed by atoms with Gasteiger partial charge in [-0.3, -0.25) is 4.79 Å². The second-order valence-electron chi connectivity index (χ2n) is 3.09. The van der Waals surface area contributed by atoms with E-state index in [0.29, 0.717) is 0 Å². The lowest BCUT2D eigenvalue weighted by Gasteiger charge is -2.04. The van der Waals surface area contributed by atoms with E-state index in [4.69, 9.17) is 33.0 Å². The van der Waals surface area contributed by atoms with Crippen LogP contribution in [0.3, 0.4) is 0 Å². The molecular formula is C11H9Cl2NO4. The molecule has 1 aromatic rings.